The molecule has 110 valence electrons. The molecule has 0 radical (unpaired) electrons. The molecule has 1 unspecified atom stereocenters. The Balaban J connectivity index is 1.74. The fourth-order valence-electron chi connectivity index (χ4n) is 2.22. The maximum atomic E-state index is 9.81. The van der Waals surface area contributed by atoms with Crippen LogP contribution in [0.5, 0.6) is 11.5 Å². The molecule has 3 nitrogen and oxygen atoms in total. The maximum absolute atomic E-state index is 9.81. The molecule has 0 amide bonds. The van der Waals surface area contributed by atoms with Crippen LogP contribution in [0.1, 0.15) is 25.0 Å². The molecule has 0 saturated carbocycles. The second-order valence-electron chi connectivity index (χ2n) is 4.90. The van der Waals surface area contributed by atoms with Gasteiger partial charge in [-0.3, -0.25) is 0 Å². The van der Waals surface area contributed by atoms with Crippen molar-refractivity contribution in [1.82, 2.24) is 0 Å². The average Bonchev–Trinajstić information content (AvgIpc) is 2.55. The first-order valence-electron chi connectivity index (χ1n) is 7.12. The molecular weight excluding hydrogens is 284 g/mol. The quantitative estimate of drug-likeness (QED) is 0.924. The number of fused-ring (bicyclic) bond motifs is 1. The van der Waals surface area contributed by atoms with Gasteiger partial charge in [0.1, 0.15) is 13.2 Å². The first-order valence-corrected chi connectivity index (χ1v) is 7.93. The number of hydrogen-bond acceptors (Lipinski definition) is 4. The van der Waals surface area contributed by atoms with Crippen LogP contribution in [-0.4, -0.2) is 18.3 Å². The zero-order valence-corrected chi connectivity index (χ0v) is 12.7. The summed E-state index contributed by atoms with van der Waals surface area (Å²) in [5.74, 6) is 1.62. The standard InChI is InChI=1S/C17H18O3S/c1-2-15(18)12-3-5-13(6-4-12)21-14-7-8-16-17(11-14)20-10-9-19-16/h3-8,11,15,18H,2,9-10H2,1H3. The third-order valence-electron chi connectivity index (χ3n) is 3.40. The van der Waals surface area contributed by atoms with Crippen molar-refractivity contribution >= 4 is 11.8 Å². The Morgan fingerprint density at radius 1 is 1.00 bits per heavy atom. The molecule has 2 aromatic rings. The SMILES string of the molecule is CCC(O)c1ccc(Sc2ccc3c(c2)OCCO3)cc1. The molecule has 21 heavy (non-hydrogen) atoms. The van der Waals surface area contributed by atoms with E-state index in [1.807, 2.05) is 49.4 Å². The number of aliphatic hydroxyl groups is 1. The Morgan fingerprint density at radius 3 is 2.38 bits per heavy atom. The van der Waals surface area contributed by atoms with Gasteiger partial charge in [0.05, 0.1) is 6.10 Å². The van der Waals surface area contributed by atoms with Gasteiger partial charge in [0, 0.05) is 9.79 Å². The van der Waals surface area contributed by atoms with Gasteiger partial charge in [-0.25, -0.2) is 0 Å². The van der Waals surface area contributed by atoms with Gasteiger partial charge in [0.2, 0.25) is 0 Å². The summed E-state index contributed by atoms with van der Waals surface area (Å²) < 4.78 is 11.1. The van der Waals surface area contributed by atoms with E-state index >= 15 is 0 Å². The van der Waals surface area contributed by atoms with E-state index in [1.165, 1.54) is 0 Å². The highest BCUT2D eigenvalue weighted by atomic mass is 32.2. The van der Waals surface area contributed by atoms with E-state index in [4.69, 9.17) is 9.47 Å². The summed E-state index contributed by atoms with van der Waals surface area (Å²) in [6.45, 7) is 3.19. The lowest BCUT2D eigenvalue weighted by molar-refractivity contribution is 0.171. The molecule has 1 aliphatic heterocycles. The molecule has 0 spiro atoms. The fourth-order valence-corrected chi connectivity index (χ4v) is 3.06. The van der Waals surface area contributed by atoms with Gasteiger partial charge in [0.15, 0.2) is 11.5 Å². The third-order valence-corrected chi connectivity index (χ3v) is 4.40. The fraction of sp³-hybridized carbons (Fsp3) is 0.294. The summed E-state index contributed by atoms with van der Waals surface area (Å²) in [5, 5.41) is 9.81. The van der Waals surface area contributed by atoms with Crippen molar-refractivity contribution < 1.29 is 14.6 Å². The van der Waals surface area contributed by atoms with E-state index in [0.29, 0.717) is 13.2 Å². The zero-order chi connectivity index (χ0) is 14.7. The number of hydrogen-bond donors (Lipinski definition) is 1. The molecular formula is C17H18O3S. The van der Waals surface area contributed by atoms with Gasteiger partial charge >= 0.3 is 0 Å². The minimum atomic E-state index is -0.377. The van der Waals surface area contributed by atoms with E-state index in [1.54, 1.807) is 11.8 Å². The van der Waals surface area contributed by atoms with Crippen molar-refractivity contribution in [2.45, 2.75) is 29.2 Å². The second-order valence-corrected chi connectivity index (χ2v) is 6.05. The van der Waals surface area contributed by atoms with Crippen LogP contribution in [0.3, 0.4) is 0 Å². The summed E-state index contributed by atoms with van der Waals surface area (Å²) >= 11 is 1.67. The van der Waals surface area contributed by atoms with Gasteiger partial charge in [-0.05, 0) is 42.3 Å². The van der Waals surface area contributed by atoms with Crippen molar-refractivity contribution in [2.24, 2.45) is 0 Å². The molecule has 0 aromatic heterocycles. The molecule has 0 aliphatic carbocycles. The number of benzene rings is 2. The summed E-state index contributed by atoms with van der Waals surface area (Å²) in [6, 6.07) is 14.0. The summed E-state index contributed by atoms with van der Waals surface area (Å²) in [4.78, 5) is 2.25. The minimum absolute atomic E-state index is 0.377. The van der Waals surface area contributed by atoms with Crippen LogP contribution in [0.2, 0.25) is 0 Å². The summed E-state index contributed by atoms with van der Waals surface area (Å²) in [5.41, 5.74) is 0.962. The van der Waals surface area contributed by atoms with E-state index in [2.05, 4.69) is 0 Å². The number of rotatable bonds is 4. The van der Waals surface area contributed by atoms with Gasteiger partial charge in [-0.15, -0.1) is 0 Å². The van der Waals surface area contributed by atoms with E-state index in [9.17, 15) is 5.11 Å². The Morgan fingerprint density at radius 2 is 1.67 bits per heavy atom. The Hall–Kier alpha value is -1.65. The molecule has 0 fully saturated rings. The molecule has 0 saturated heterocycles. The first kappa shape index (κ1) is 14.3. The number of aliphatic hydroxyl groups excluding tert-OH is 1. The van der Waals surface area contributed by atoms with Gasteiger partial charge in [-0.2, -0.15) is 0 Å². The molecule has 1 heterocycles. The van der Waals surface area contributed by atoms with Gasteiger partial charge < -0.3 is 14.6 Å². The average molecular weight is 302 g/mol. The van der Waals surface area contributed by atoms with Crippen molar-refractivity contribution in [3.8, 4) is 11.5 Å². The Kier molecular flexibility index (Phi) is 4.36. The largest absolute Gasteiger partial charge is 0.486 e. The second kappa shape index (κ2) is 6.41. The van der Waals surface area contributed by atoms with Gasteiger partial charge in [0.25, 0.3) is 0 Å². The van der Waals surface area contributed by atoms with Crippen LogP contribution in [0.25, 0.3) is 0 Å². The highest BCUT2D eigenvalue weighted by Crippen LogP contribution is 2.37. The Labute approximate surface area is 128 Å². The lowest BCUT2D eigenvalue weighted by Gasteiger charge is -2.18. The maximum Gasteiger partial charge on any atom is 0.162 e. The predicted molar refractivity (Wildman–Crippen MR) is 83.2 cm³/mol. The van der Waals surface area contributed by atoms with Crippen LogP contribution in [0, 0.1) is 0 Å². The summed E-state index contributed by atoms with van der Waals surface area (Å²) in [7, 11) is 0. The minimum Gasteiger partial charge on any atom is -0.486 e. The lowest BCUT2D eigenvalue weighted by Crippen LogP contribution is -2.15. The molecule has 4 heteroatoms. The zero-order valence-electron chi connectivity index (χ0n) is 11.9. The van der Waals surface area contributed by atoms with Crippen molar-refractivity contribution in [3.63, 3.8) is 0 Å². The van der Waals surface area contributed by atoms with Crippen LogP contribution in [-0.2, 0) is 0 Å². The smallest absolute Gasteiger partial charge is 0.162 e. The monoisotopic (exact) mass is 302 g/mol. The highest BCUT2D eigenvalue weighted by molar-refractivity contribution is 7.99. The Bertz CT molecular complexity index is 610. The van der Waals surface area contributed by atoms with Crippen molar-refractivity contribution in [3.05, 3.63) is 48.0 Å². The normalized spacial score (nSPS) is 14.8. The van der Waals surface area contributed by atoms with Crippen LogP contribution >= 0.6 is 11.8 Å². The molecule has 2 aromatic carbocycles. The molecule has 1 aliphatic rings. The van der Waals surface area contributed by atoms with Crippen LogP contribution < -0.4 is 9.47 Å². The van der Waals surface area contributed by atoms with E-state index in [-0.39, 0.29) is 6.10 Å². The molecule has 1 atom stereocenters. The molecule has 3 rings (SSSR count). The van der Waals surface area contributed by atoms with E-state index in [0.717, 1.165) is 33.3 Å². The molecule has 1 N–H and O–H groups in total. The van der Waals surface area contributed by atoms with Crippen molar-refractivity contribution in [1.29, 1.82) is 0 Å². The van der Waals surface area contributed by atoms with Crippen molar-refractivity contribution in [2.75, 3.05) is 13.2 Å². The van der Waals surface area contributed by atoms with Gasteiger partial charge in [-0.1, -0.05) is 30.8 Å². The number of ether oxygens (including phenoxy) is 2. The third kappa shape index (κ3) is 3.34. The first-order chi connectivity index (χ1) is 10.3. The van der Waals surface area contributed by atoms with Crippen LogP contribution in [0.4, 0.5) is 0 Å². The highest BCUT2D eigenvalue weighted by Gasteiger charge is 2.12. The topological polar surface area (TPSA) is 38.7 Å². The van der Waals surface area contributed by atoms with Crippen LogP contribution in [0.15, 0.2) is 52.3 Å². The summed E-state index contributed by atoms with van der Waals surface area (Å²) in [6.07, 6.45) is 0.354. The van der Waals surface area contributed by atoms with E-state index < -0.39 is 0 Å². The predicted octanol–water partition coefficient (Wildman–Crippen LogP) is 4.05. The molecule has 0 bridgehead atoms. The lowest BCUT2D eigenvalue weighted by atomic mass is 10.1.